The molecule has 0 saturated carbocycles. The van der Waals surface area contributed by atoms with E-state index in [0.717, 1.165) is 19.0 Å². The molecule has 2 heterocycles. The zero-order valence-corrected chi connectivity index (χ0v) is 14.0. The fourth-order valence-electron chi connectivity index (χ4n) is 3.29. The lowest BCUT2D eigenvalue weighted by Crippen LogP contribution is -2.25. The van der Waals surface area contributed by atoms with Crippen LogP contribution in [0.5, 0.6) is 0 Å². The van der Waals surface area contributed by atoms with E-state index in [0.29, 0.717) is 0 Å². The van der Waals surface area contributed by atoms with Crippen molar-refractivity contribution < 1.29 is 0 Å². The van der Waals surface area contributed by atoms with E-state index in [-0.39, 0.29) is 0 Å². The second kappa shape index (κ2) is 8.38. The highest BCUT2D eigenvalue weighted by Crippen LogP contribution is 2.25. The first-order valence-corrected chi connectivity index (χ1v) is 8.66. The predicted octanol–water partition coefficient (Wildman–Crippen LogP) is 3.91. The van der Waals surface area contributed by atoms with E-state index >= 15 is 0 Å². The van der Waals surface area contributed by atoms with Gasteiger partial charge in [-0.3, -0.25) is 0 Å². The van der Waals surface area contributed by atoms with Gasteiger partial charge in [0, 0.05) is 25.3 Å². The number of nitrogens with one attached hydrogen (secondary N) is 1. The van der Waals surface area contributed by atoms with Gasteiger partial charge in [0.2, 0.25) is 0 Å². The van der Waals surface area contributed by atoms with E-state index < -0.39 is 0 Å². The molecule has 1 aromatic rings. The minimum atomic E-state index is 0.925. The van der Waals surface area contributed by atoms with E-state index in [1.54, 1.807) is 0 Å². The number of hydrogen-bond acceptors (Lipinski definition) is 3. The quantitative estimate of drug-likeness (QED) is 0.860. The lowest BCUT2D eigenvalue weighted by molar-refractivity contribution is 0.435. The second-order valence-electron chi connectivity index (χ2n) is 6.27. The molecule has 1 saturated heterocycles. The Labute approximate surface area is 130 Å². The smallest absolute Gasteiger partial charge is 0.128 e. The highest BCUT2D eigenvalue weighted by Gasteiger charge is 2.17. The van der Waals surface area contributed by atoms with Gasteiger partial charge in [0.1, 0.15) is 5.82 Å². The maximum atomic E-state index is 4.85. The van der Waals surface area contributed by atoms with Gasteiger partial charge >= 0.3 is 0 Å². The zero-order chi connectivity index (χ0) is 15.1. The number of rotatable bonds is 6. The molecule has 0 amide bonds. The van der Waals surface area contributed by atoms with E-state index in [9.17, 15) is 0 Å². The summed E-state index contributed by atoms with van der Waals surface area (Å²) >= 11 is 0. The Balaban J connectivity index is 1.99. The summed E-state index contributed by atoms with van der Waals surface area (Å²) in [5, 5.41) is 3.38. The molecule has 118 valence electrons. The predicted molar refractivity (Wildman–Crippen MR) is 90.8 cm³/mol. The Kier molecular flexibility index (Phi) is 6.50. The van der Waals surface area contributed by atoms with Crippen LogP contribution in [0.1, 0.15) is 57.2 Å². The summed E-state index contributed by atoms with van der Waals surface area (Å²) in [7, 11) is 0. The van der Waals surface area contributed by atoms with Crippen LogP contribution in [0.15, 0.2) is 12.1 Å². The van der Waals surface area contributed by atoms with Gasteiger partial charge in [0.05, 0.1) is 0 Å². The van der Waals surface area contributed by atoms with E-state index in [4.69, 9.17) is 4.98 Å². The number of pyridine rings is 1. The molecule has 1 fully saturated rings. The highest BCUT2D eigenvalue weighted by molar-refractivity contribution is 5.41. The number of hydrogen-bond donors (Lipinski definition) is 1. The van der Waals surface area contributed by atoms with E-state index in [2.05, 4.69) is 43.1 Å². The maximum absolute atomic E-state index is 4.85. The molecule has 0 spiro atoms. The summed E-state index contributed by atoms with van der Waals surface area (Å²) in [6, 6.07) is 4.45. The summed E-state index contributed by atoms with van der Waals surface area (Å²) in [6.07, 6.45) is 6.74. The summed E-state index contributed by atoms with van der Waals surface area (Å²) in [5.41, 5.74) is 2.49. The van der Waals surface area contributed by atoms with Crippen molar-refractivity contribution >= 4 is 5.82 Å². The number of aryl methyl sites for hydroxylation is 1. The van der Waals surface area contributed by atoms with Crippen LogP contribution in [0.25, 0.3) is 0 Å². The molecule has 2 rings (SSSR count). The molecule has 21 heavy (non-hydrogen) atoms. The van der Waals surface area contributed by atoms with Crippen LogP contribution < -0.4 is 10.2 Å². The van der Waals surface area contributed by atoms with Crippen LogP contribution in [0.3, 0.4) is 0 Å². The minimum absolute atomic E-state index is 0.925. The molecule has 1 aliphatic heterocycles. The average molecular weight is 289 g/mol. The van der Waals surface area contributed by atoms with E-state index in [1.165, 1.54) is 62.3 Å². The van der Waals surface area contributed by atoms with Crippen molar-refractivity contribution in [3.63, 3.8) is 0 Å². The summed E-state index contributed by atoms with van der Waals surface area (Å²) in [5.74, 6) is 2.10. The molecule has 0 bridgehead atoms. The summed E-state index contributed by atoms with van der Waals surface area (Å²) in [6.45, 7) is 10.8. The normalized spacial score (nSPS) is 19.6. The number of anilines is 1. The third-order valence-corrected chi connectivity index (χ3v) is 4.61. The van der Waals surface area contributed by atoms with Gasteiger partial charge in [-0.05, 0) is 50.3 Å². The Morgan fingerprint density at radius 1 is 1.24 bits per heavy atom. The standard InChI is InChI=1S/C18H31N3/c1-4-7-16-8-6-12-21(13-11-16)18-10-9-17(14-19-5-2)15(3)20-18/h9-10,16,19H,4-8,11-14H2,1-3H3. The molecule has 1 atom stereocenters. The van der Waals surface area contributed by atoms with E-state index in [1.807, 2.05) is 0 Å². The van der Waals surface area contributed by atoms with Crippen molar-refractivity contribution in [2.24, 2.45) is 5.92 Å². The van der Waals surface area contributed by atoms with Crippen molar-refractivity contribution in [3.05, 3.63) is 23.4 Å². The molecule has 1 unspecified atom stereocenters. The Morgan fingerprint density at radius 3 is 2.81 bits per heavy atom. The molecule has 1 aliphatic rings. The van der Waals surface area contributed by atoms with Gasteiger partial charge in [-0.2, -0.15) is 0 Å². The fraction of sp³-hybridized carbons (Fsp3) is 0.722. The van der Waals surface area contributed by atoms with Gasteiger partial charge in [0.25, 0.3) is 0 Å². The van der Waals surface area contributed by atoms with Crippen LogP contribution in [-0.2, 0) is 6.54 Å². The first-order chi connectivity index (χ1) is 10.2. The lowest BCUT2D eigenvalue weighted by atomic mass is 9.96. The zero-order valence-electron chi connectivity index (χ0n) is 14.0. The van der Waals surface area contributed by atoms with Crippen LogP contribution in [-0.4, -0.2) is 24.6 Å². The van der Waals surface area contributed by atoms with Crippen LogP contribution in [0.2, 0.25) is 0 Å². The molecule has 1 aromatic heterocycles. The van der Waals surface area contributed by atoms with Gasteiger partial charge in [-0.15, -0.1) is 0 Å². The van der Waals surface area contributed by atoms with Crippen molar-refractivity contribution in [1.82, 2.24) is 10.3 Å². The maximum Gasteiger partial charge on any atom is 0.128 e. The Hall–Kier alpha value is -1.09. The molecule has 3 nitrogen and oxygen atoms in total. The fourth-order valence-corrected chi connectivity index (χ4v) is 3.29. The first kappa shape index (κ1) is 16.3. The third kappa shape index (κ3) is 4.70. The molecular weight excluding hydrogens is 258 g/mol. The van der Waals surface area contributed by atoms with Gasteiger partial charge in [-0.25, -0.2) is 4.98 Å². The topological polar surface area (TPSA) is 28.2 Å². The van der Waals surface area contributed by atoms with Gasteiger partial charge < -0.3 is 10.2 Å². The summed E-state index contributed by atoms with van der Waals surface area (Å²) in [4.78, 5) is 7.33. The number of nitrogens with zero attached hydrogens (tertiary/aromatic N) is 2. The van der Waals surface area contributed by atoms with Crippen LogP contribution in [0.4, 0.5) is 5.82 Å². The Morgan fingerprint density at radius 2 is 2.10 bits per heavy atom. The van der Waals surface area contributed by atoms with Gasteiger partial charge in [-0.1, -0.05) is 32.8 Å². The average Bonchev–Trinajstić information content (AvgIpc) is 2.72. The van der Waals surface area contributed by atoms with Crippen molar-refractivity contribution in [1.29, 1.82) is 0 Å². The van der Waals surface area contributed by atoms with Crippen molar-refractivity contribution in [2.45, 2.75) is 59.4 Å². The minimum Gasteiger partial charge on any atom is -0.357 e. The highest BCUT2D eigenvalue weighted by atomic mass is 15.2. The second-order valence-corrected chi connectivity index (χ2v) is 6.27. The third-order valence-electron chi connectivity index (χ3n) is 4.61. The van der Waals surface area contributed by atoms with Gasteiger partial charge in [0.15, 0.2) is 0 Å². The van der Waals surface area contributed by atoms with Crippen LogP contribution >= 0.6 is 0 Å². The monoisotopic (exact) mass is 289 g/mol. The van der Waals surface area contributed by atoms with Crippen LogP contribution in [0, 0.1) is 12.8 Å². The molecule has 1 N–H and O–H groups in total. The molecule has 0 aromatic carbocycles. The van der Waals surface area contributed by atoms with Crippen molar-refractivity contribution in [2.75, 3.05) is 24.5 Å². The molecule has 0 radical (unpaired) electrons. The lowest BCUT2D eigenvalue weighted by Gasteiger charge is -2.22. The Bertz CT molecular complexity index is 430. The molecule has 3 heteroatoms. The SMILES string of the molecule is CCCC1CCCN(c2ccc(CNCC)c(C)n2)CC1. The molecule has 0 aliphatic carbocycles. The largest absolute Gasteiger partial charge is 0.357 e. The summed E-state index contributed by atoms with van der Waals surface area (Å²) < 4.78 is 0. The molecular formula is C18H31N3. The number of aromatic nitrogens is 1. The van der Waals surface area contributed by atoms with Crippen molar-refractivity contribution in [3.8, 4) is 0 Å². The first-order valence-electron chi connectivity index (χ1n) is 8.66.